The molecule has 1 aliphatic rings. The van der Waals surface area contributed by atoms with Crippen molar-refractivity contribution in [3.05, 3.63) is 59.4 Å². The topological polar surface area (TPSA) is 71.4 Å². The Morgan fingerprint density at radius 3 is 2.50 bits per heavy atom. The van der Waals surface area contributed by atoms with Gasteiger partial charge in [-0.2, -0.15) is 5.10 Å². The zero-order valence-corrected chi connectivity index (χ0v) is 17.4. The van der Waals surface area contributed by atoms with Gasteiger partial charge in [0.1, 0.15) is 12.4 Å². The van der Waals surface area contributed by atoms with Crippen molar-refractivity contribution >= 4 is 17.5 Å². The minimum absolute atomic E-state index is 0.132. The van der Waals surface area contributed by atoms with Crippen molar-refractivity contribution in [1.82, 2.24) is 9.91 Å². The van der Waals surface area contributed by atoms with Crippen LogP contribution >= 0.6 is 0 Å². The van der Waals surface area contributed by atoms with E-state index in [1.807, 2.05) is 6.07 Å². The van der Waals surface area contributed by atoms with Gasteiger partial charge < -0.3 is 14.4 Å². The lowest BCUT2D eigenvalue weighted by Gasteiger charge is -2.25. The van der Waals surface area contributed by atoms with Crippen LogP contribution < -0.4 is 9.47 Å². The number of carbonyl (C=O) groups excluding carboxylic acids is 2. The molecule has 158 valence electrons. The molecule has 2 aromatic rings. The van der Waals surface area contributed by atoms with E-state index < -0.39 is 11.9 Å². The predicted molar refractivity (Wildman–Crippen MR) is 110 cm³/mol. The quantitative estimate of drug-likeness (QED) is 0.730. The van der Waals surface area contributed by atoms with Crippen molar-refractivity contribution < 1.29 is 23.5 Å². The van der Waals surface area contributed by atoms with Crippen molar-refractivity contribution in [1.29, 1.82) is 0 Å². The highest BCUT2D eigenvalue weighted by Gasteiger charge is 2.34. The van der Waals surface area contributed by atoms with E-state index in [0.717, 1.165) is 5.56 Å². The molecule has 0 aliphatic carbocycles. The summed E-state index contributed by atoms with van der Waals surface area (Å²) in [5.41, 5.74) is 1.58. The SMILES string of the molecule is COc1ccc([C@@H]2CC(c3ccccc3F)=NN2C(=O)CN(C)C(C)=O)cc1OC. The van der Waals surface area contributed by atoms with Gasteiger partial charge >= 0.3 is 0 Å². The first-order valence-corrected chi connectivity index (χ1v) is 9.43. The van der Waals surface area contributed by atoms with Crippen molar-refractivity contribution in [3.8, 4) is 11.5 Å². The van der Waals surface area contributed by atoms with E-state index in [1.165, 1.54) is 30.0 Å². The van der Waals surface area contributed by atoms with Crippen LogP contribution in [0.15, 0.2) is 47.6 Å². The fraction of sp³-hybridized carbons (Fsp3) is 0.318. The zero-order chi connectivity index (χ0) is 21.8. The molecule has 0 aromatic heterocycles. The Labute approximate surface area is 174 Å². The number of carbonyl (C=O) groups is 2. The monoisotopic (exact) mass is 413 g/mol. The highest BCUT2D eigenvalue weighted by molar-refractivity contribution is 6.03. The lowest BCUT2D eigenvalue weighted by molar-refractivity contribution is -0.139. The first-order valence-electron chi connectivity index (χ1n) is 9.43. The third-order valence-electron chi connectivity index (χ3n) is 5.05. The number of likely N-dealkylation sites (N-methyl/N-ethyl adjacent to an activating group) is 1. The van der Waals surface area contributed by atoms with Gasteiger partial charge in [0.15, 0.2) is 11.5 Å². The Morgan fingerprint density at radius 1 is 1.17 bits per heavy atom. The van der Waals surface area contributed by atoms with Crippen LogP contribution in [0.25, 0.3) is 0 Å². The first-order chi connectivity index (χ1) is 14.3. The molecule has 0 N–H and O–H groups in total. The Kier molecular flexibility index (Phi) is 6.34. The maximum Gasteiger partial charge on any atom is 0.262 e. The summed E-state index contributed by atoms with van der Waals surface area (Å²) < 4.78 is 25.0. The summed E-state index contributed by atoms with van der Waals surface area (Å²) in [6, 6.07) is 11.2. The standard InChI is InChI=1S/C22H24FN3O4/c1-14(27)25(2)13-22(28)26-19(15-9-10-20(29-3)21(11-15)30-4)12-18(24-26)16-7-5-6-8-17(16)23/h5-11,19H,12-13H2,1-4H3/t19-/m0/s1. The van der Waals surface area contributed by atoms with Crippen LogP contribution in [0, 0.1) is 5.82 Å². The average Bonchev–Trinajstić information content (AvgIpc) is 3.18. The Balaban J connectivity index is 1.99. The summed E-state index contributed by atoms with van der Waals surface area (Å²) in [6.45, 7) is 1.25. The van der Waals surface area contributed by atoms with Gasteiger partial charge in [0.2, 0.25) is 5.91 Å². The van der Waals surface area contributed by atoms with E-state index in [0.29, 0.717) is 29.2 Å². The van der Waals surface area contributed by atoms with E-state index >= 15 is 0 Å². The highest BCUT2D eigenvalue weighted by atomic mass is 19.1. The molecule has 0 bridgehead atoms. The molecule has 1 atom stereocenters. The number of hydrogen-bond donors (Lipinski definition) is 0. The maximum absolute atomic E-state index is 14.4. The second kappa shape index (κ2) is 8.94. The van der Waals surface area contributed by atoms with Crippen LogP contribution in [-0.4, -0.2) is 55.2 Å². The van der Waals surface area contributed by atoms with Crippen LogP contribution in [0.1, 0.15) is 30.5 Å². The van der Waals surface area contributed by atoms with Crippen LogP contribution in [0.3, 0.4) is 0 Å². The molecule has 0 unspecified atom stereocenters. The number of nitrogens with zero attached hydrogens (tertiary/aromatic N) is 3. The molecular weight excluding hydrogens is 389 g/mol. The van der Waals surface area contributed by atoms with Crippen molar-refractivity contribution in [2.75, 3.05) is 27.8 Å². The minimum atomic E-state index is -0.465. The zero-order valence-electron chi connectivity index (χ0n) is 17.4. The van der Waals surface area contributed by atoms with Gasteiger partial charge in [0, 0.05) is 26.0 Å². The number of amides is 2. The smallest absolute Gasteiger partial charge is 0.262 e. The van der Waals surface area contributed by atoms with Crippen LogP contribution in [-0.2, 0) is 9.59 Å². The van der Waals surface area contributed by atoms with Gasteiger partial charge in [-0.3, -0.25) is 9.59 Å². The molecule has 0 saturated heterocycles. The molecule has 0 saturated carbocycles. The summed E-state index contributed by atoms with van der Waals surface area (Å²) >= 11 is 0. The third kappa shape index (κ3) is 4.27. The van der Waals surface area contributed by atoms with Gasteiger partial charge in [0.05, 0.1) is 26.0 Å². The van der Waals surface area contributed by atoms with Gasteiger partial charge in [-0.1, -0.05) is 24.3 Å². The third-order valence-corrected chi connectivity index (χ3v) is 5.05. The Bertz CT molecular complexity index is 992. The molecule has 2 aromatic carbocycles. The molecule has 30 heavy (non-hydrogen) atoms. The van der Waals surface area contributed by atoms with Crippen molar-refractivity contribution in [3.63, 3.8) is 0 Å². The summed E-state index contributed by atoms with van der Waals surface area (Å²) in [6.07, 6.45) is 0.325. The maximum atomic E-state index is 14.4. The van der Waals surface area contributed by atoms with E-state index in [4.69, 9.17) is 9.47 Å². The number of benzene rings is 2. The van der Waals surface area contributed by atoms with Gasteiger partial charge in [0.25, 0.3) is 5.91 Å². The molecule has 1 heterocycles. The number of methoxy groups -OCH3 is 2. The van der Waals surface area contributed by atoms with E-state index in [9.17, 15) is 14.0 Å². The number of hydrazone groups is 1. The van der Waals surface area contributed by atoms with E-state index in [2.05, 4.69) is 5.10 Å². The first kappa shape index (κ1) is 21.3. The molecule has 0 fully saturated rings. The second-order valence-electron chi connectivity index (χ2n) is 6.97. The van der Waals surface area contributed by atoms with Crippen molar-refractivity contribution in [2.45, 2.75) is 19.4 Å². The van der Waals surface area contributed by atoms with Crippen molar-refractivity contribution in [2.24, 2.45) is 5.10 Å². The Hall–Kier alpha value is -3.42. The largest absolute Gasteiger partial charge is 0.493 e. The molecule has 3 rings (SSSR count). The van der Waals surface area contributed by atoms with Crippen LogP contribution in [0.4, 0.5) is 4.39 Å². The number of halogens is 1. The summed E-state index contributed by atoms with van der Waals surface area (Å²) in [7, 11) is 4.62. The number of ether oxygens (including phenoxy) is 2. The van der Waals surface area contributed by atoms with E-state index in [-0.39, 0.29) is 18.4 Å². The Morgan fingerprint density at radius 2 is 1.87 bits per heavy atom. The molecule has 0 spiro atoms. The molecule has 8 heteroatoms. The molecule has 1 aliphatic heterocycles. The van der Waals surface area contributed by atoms with Crippen LogP contribution in [0.2, 0.25) is 0 Å². The van der Waals surface area contributed by atoms with E-state index in [1.54, 1.807) is 44.5 Å². The lowest BCUT2D eigenvalue weighted by Crippen LogP contribution is -2.38. The minimum Gasteiger partial charge on any atom is -0.493 e. The van der Waals surface area contributed by atoms with Crippen LogP contribution in [0.5, 0.6) is 11.5 Å². The fourth-order valence-electron chi connectivity index (χ4n) is 3.30. The number of hydrogen-bond acceptors (Lipinski definition) is 5. The summed E-state index contributed by atoms with van der Waals surface area (Å²) in [5.74, 6) is 0.0751. The predicted octanol–water partition coefficient (Wildman–Crippen LogP) is 3.00. The molecule has 0 radical (unpaired) electrons. The summed E-state index contributed by atoms with van der Waals surface area (Å²) in [4.78, 5) is 25.8. The van der Waals surface area contributed by atoms with Gasteiger partial charge in [-0.05, 0) is 23.8 Å². The molecule has 7 nitrogen and oxygen atoms in total. The molecule has 2 amide bonds. The lowest BCUT2D eigenvalue weighted by atomic mass is 9.97. The van der Waals surface area contributed by atoms with Gasteiger partial charge in [-0.25, -0.2) is 9.40 Å². The highest BCUT2D eigenvalue weighted by Crippen LogP contribution is 2.37. The summed E-state index contributed by atoms with van der Waals surface area (Å²) in [5, 5.41) is 5.76. The number of rotatable bonds is 6. The fourth-order valence-corrected chi connectivity index (χ4v) is 3.30. The molecular formula is C22H24FN3O4. The van der Waals surface area contributed by atoms with Gasteiger partial charge in [-0.15, -0.1) is 0 Å². The second-order valence-corrected chi connectivity index (χ2v) is 6.97. The average molecular weight is 413 g/mol. The normalized spacial score (nSPS) is 15.6.